The molecule has 1 aromatic rings. The molecule has 0 aromatic carbocycles. The number of aromatic nitrogens is 1. The first kappa shape index (κ1) is 11.5. The Hall–Kier alpha value is -0.940. The molecule has 2 heterocycles. The third kappa shape index (κ3) is 2.41. The standard InChI is InChI=1S/C11H16N2O2S/c1-8(14)9-6-16-10(12-9)13-4-5-15-11(2,3)7-13/h6H,4-5,7H2,1-3H3. The largest absolute Gasteiger partial charge is 0.372 e. The number of ketones is 1. The molecule has 1 aliphatic heterocycles. The van der Waals surface area contributed by atoms with Crippen LogP contribution >= 0.6 is 11.3 Å². The molecule has 0 spiro atoms. The van der Waals surface area contributed by atoms with E-state index < -0.39 is 0 Å². The van der Waals surface area contributed by atoms with Gasteiger partial charge in [-0.1, -0.05) is 0 Å². The molecular formula is C11H16N2O2S. The number of rotatable bonds is 2. The predicted octanol–water partition coefficient (Wildman–Crippen LogP) is 1.96. The molecule has 4 nitrogen and oxygen atoms in total. The normalized spacial score (nSPS) is 19.8. The summed E-state index contributed by atoms with van der Waals surface area (Å²) in [5.41, 5.74) is 0.421. The summed E-state index contributed by atoms with van der Waals surface area (Å²) in [6, 6.07) is 0. The van der Waals surface area contributed by atoms with Crippen LogP contribution in [0.5, 0.6) is 0 Å². The summed E-state index contributed by atoms with van der Waals surface area (Å²) in [6.07, 6.45) is 0. The number of ether oxygens (including phenoxy) is 1. The summed E-state index contributed by atoms with van der Waals surface area (Å²) < 4.78 is 5.64. The van der Waals surface area contributed by atoms with Crippen LogP contribution in [0, 0.1) is 0 Å². The highest BCUT2D eigenvalue weighted by atomic mass is 32.1. The third-order valence-electron chi connectivity index (χ3n) is 2.55. The lowest BCUT2D eigenvalue weighted by Gasteiger charge is -2.37. The lowest BCUT2D eigenvalue weighted by atomic mass is 10.1. The number of nitrogens with zero attached hydrogens (tertiary/aromatic N) is 2. The van der Waals surface area contributed by atoms with Crippen molar-refractivity contribution in [1.82, 2.24) is 4.98 Å². The Morgan fingerprint density at radius 2 is 2.38 bits per heavy atom. The Morgan fingerprint density at radius 3 is 2.94 bits per heavy atom. The maximum atomic E-state index is 11.2. The van der Waals surface area contributed by atoms with Gasteiger partial charge in [0.2, 0.25) is 0 Å². The maximum absolute atomic E-state index is 11.2. The molecule has 0 unspecified atom stereocenters. The van der Waals surface area contributed by atoms with Gasteiger partial charge < -0.3 is 9.64 Å². The fourth-order valence-electron chi connectivity index (χ4n) is 1.75. The minimum Gasteiger partial charge on any atom is -0.372 e. The number of hydrogen-bond donors (Lipinski definition) is 0. The molecule has 0 aliphatic carbocycles. The second-order valence-corrected chi connectivity index (χ2v) is 5.44. The summed E-state index contributed by atoms with van der Waals surface area (Å²) in [5.74, 6) is 0.0232. The third-order valence-corrected chi connectivity index (χ3v) is 3.45. The van der Waals surface area contributed by atoms with Gasteiger partial charge >= 0.3 is 0 Å². The Morgan fingerprint density at radius 1 is 1.62 bits per heavy atom. The molecular weight excluding hydrogens is 224 g/mol. The van der Waals surface area contributed by atoms with Crippen LogP contribution in [-0.2, 0) is 4.74 Å². The summed E-state index contributed by atoms with van der Waals surface area (Å²) in [5, 5.41) is 2.74. The van der Waals surface area contributed by atoms with E-state index in [1.165, 1.54) is 11.3 Å². The van der Waals surface area contributed by atoms with Crippen molar-refractivity contribution < 1.29 is 9.53 Å². The summed E-state index contributed by atoms with van der Waals surface area (Å²) >= 11 is 1.52. The maximum Gasteiger partial charge on any atom is 0.186 e. The van der Waals surface area contributed by atoms with Crippen LogP contribution in [0.1, 0.15) is 31.3 Å². The van der Waals surface area contributed by atoms with Gasteiger partial charge in [-0.3, -0.25) is 4.79 Å². The van der Waals surface area contributed by atoms with Gasteiger partial charge in [0.05, 0.1) is 12.2 Å². The Balaban J connectivity index is 2.14. The van der Waals surface area contributed by atoms with Crippen molar-refractivity contribution in [2.24, 2.45) is 0 Å². The average Bonchev–Trinajstić information content (AvgIpc) is 2.64. The summed E-state index contributed by atoms with van der Waals surface area (Å²) in [7, 11) is 0. The number of thiazole rings is 1. The van der Waals surface area contributed by atoms with Crippen LogP contribution < -0.4 is 4.90 Å². The van der Waals surface area contributed by atoms with Gasteiger partial charge in [0.25, 0.3) is 0 Å². The second-order valence-electron chi connectivity index (χ2n) is 4.60. The Bertz CT molecular complexity index is 400. The minimum absolute atomic E-state index is 0.0232. The van der Waals surface area contributed by atoms with Crippen molar-refractivity contribution in [3.63, 3.8) is 0 Å². The quantitative estimate of drug-likeness (QED) is 0.741. The van der Waals surface area contributed by atoms with Crippen LogP contribution in [-0.4, -0.2) is 36.1 Å². The molecule has 0 saturated carbocycles. The molecule has 1 saturated heterocycles. The number of hydrogen-bond acceptors (Lipinski definition) is 5. The van der Waals surface area contributed by atoms with Gasteiger partial charge in [-0.15, -0.1) is 11.3 Å². The van der Waals surface area contributed by atoms with E-state index in [-0.39, 0.29) is 11.4 Å². The zero-order chi connectivity index (χ0) is 11.8. The first-order valence-electron chi connectivity index (χ1n) is 5.33. The Labute approximate surface area is 99.2 Å². The molecule has 5 heteroatoms. The van der Waals surface area contributed by atoms with Crippen molar-refractivity contribution in [2.45, 2.75) is 26.4 Å². The number of morpholine rings is 1. The van der Waals surface area contributed by atoms with Crippen LogP contribution in [0.3, 0.4) is 0 Å². The van der Waals surface area contributed by atoms with Gasteiger partial charge in [0.15, 0.2) is 10.9 Å². The van der Waals surface area contributed by atoms with E-state index in [1.807, 2.05) is 5.38 Å². The number of carbonyl (C=O) groups is 1. The highest BCUT2D eigenvalue weighted by Gasteiger charge is 2.28. The predicted molar refractivity (Wildman–Crippen MR) is 64.4 cm³/mol. The summed E-state index contributed by atoms with van der Waals surface area (Å²) in [6.45, 7) is 8.05. The van der Waals surface area contributed by atoms with E-state index in [4.69, 9.17) is 4.74 Å². The first-order chi connectivity index (χ1) is 7.48. The lowest BCUT2D eigenvalue weighted by molar-refractivity contribution is -0.0277. The number of Topliss-reactive ketones (excluding diaryl/α,β-unsaturated/α-hetero) is 1. The monoisotopic (exact) mass is 240 g/mol. The first-order valence-corrected chi connectivity index (χ1v) is 6.21. The van der Waals surface area contributed by atoms with Crippen LogP contribution in [0.2, 0.25) is 0 Å². The molecule has 0 amide bonds. The minimum atomic E-state index is -0.139. The van der Waals surface area contributed by atoms with Crippen LogP contribution in [0.25, 0.3) is 0 Å². The van der Waals surface area contributed by atoms with Crippen molar-refractivity contribution in [3.05, 3.63) is 11.1 Å². The SMILES string of the molecule is CC(=O)c1csc(N2CCOC(C)(C)C2)n1. The van der Waals surface area contributed by atoms with E-state index in [0.29, 0.717) is 12.3 Å². The Kier molecular flexibility index (Phi) is 2.99. The lowest BCUT2D eigenvalue weighted by Crippen LogP contribution is -2.48. The van der Waals surface area contributed by atoms with Gasteiger partial charge in [-0.2, -0.15) is 0 Å². The molecule has 0 N–H and O–H groups in total. The van der Waals surface area contributed by atoms with Gasteiger partial charge in [0, 0.05) is 25.4 Å². The average molecular weight is 240 g/mol. The van der Waals surface area contributed by atoms with Gasteiger partial charge in [-0.25, -0.2) is 4.98 Å². The highest BCUT2D eigenvalue weighted by molar-refractivity contribution is 7.13. The van der Waals surface area contributed by atoms with Gasteiger partial charge in [0.1, 0.15) is 5.69 Å². The number of anilines is 1. The van der Waals surface area contributed by atoms with Crippen molar-refractivity contribution in [2.75, 3.05) is 24.6 Å². The molecule has 2 rings (SSSR count). The molecule has 0 radical (unpaired) electrons. The van der Waals surface area contributed by atoms with E-state index in [1.54, 1.807) is 6.92 Å². The highest BCUT2D eigenvalue weighted by Crippen LogP contribution is 2.26. The zero-order valence-electron chi connectivity index (χ0n) is 9.82. The molecule has 0 atom stereocenters. The summed E-state index contributed by atoms with van der Waals surface area (Å²) in [4.78, 5) is 17.7. The molecule has 88 valence electrons. The zero-order valence-corrected chi connectivity index (χ0v) is 10.6. The topological polar surface area (TPSA) is 42.4 Å². The van der Waals surface area contributed by atoms with Crippen molar-refractivity contribution in [1.29, 1.82) is 0 Å². The smallest absolute Gasteiger partial charge is 0.186 e. The molecule has 0 bridgehead atoms. The van der Waals surface area contributed by atoms with Crippen LogP contribution in [0.15, 0.2) is 5.38 Å². The molecule has 1 aromatic heterocycles. The van der Waals surface area contributed by atoms with Crippen molar-refractivity contribution >= 4 is 22.3 Å². The van der Waals surface area contributed by atoms with E-state index >= 15 is 0 Å². The van der Waals surface area contributed by atoms with E-state index in [2.05, 4.69) is 23.7 Å². The second kappa shape index (κ2) is 4.14. The molecule has 1 aliphatic rings. The molecule has 16 heavy (non-hydrogen) atoms. The van der Waals surface area contributed by atoms with E-state index in [9.17, 15) is 4.79 Å². The van der Waals surface area contributed by atoms with Crippen LogP contribution in [0.4, 0.5) is 5.13 Å². The van der Waals surface area contributed by atoms with Crippen molar-refractivity contribution in [3.8, 4) is 0 Å². The fourth-order valence-corrected chi connectivity index (χ4v) is 2.64. The van der Waals surface area contributed by atoms with E-state index in [0.717, 1.165) is 18.2 Å². The number of carbonyl (C=O) groups excluding carboxylic acids is 1. The van der Waals surface area contributed by atoms with Gasteiger partial charge in [-0.05, 0) is 13.8 Å². The molecule has 1 fully saturated rings. The fraction of sp³-hybridized carbons (Fsp3) is 0.636.